The van der Waals surface area contributed by atoms with Gasteiger partial charge in [0.1, 0.15) is 0 Å². The average Bonchev–Trinajstić information content (AvgIpc) is 2.49. The van der Waals surface area contributed by atoms with E-state index in [1.165, 1.54) is 7.11 Å². The minimum Gasteiger partial charge on any atom is -0.465 e. The van der Waals surface area contributed by atoms with Crippen LogP contribution >= 0.6 is 0 Å². The van der Waals surface area contributed by atoms with Crippen molar-refractivity contribution in [2.24, 2.45) is 0 Å². The maximum absolute atomic E-state index is 11.9. The fourth-order valence-electron chi connectivity index (χ4n) is 2.31. The molecule has 0 fully saturated rings. The van der Waals surface area contributed by atoms with Gasteiger partial charge in [-0.05, 0) is 37.5 Å². The molecule has 4 nitrogen and oxygen atoms in total. The molecule has 0 bridgehead atoms. The summed E-state index contributed by atoms with van der Waals surface area (Å²) in [4.78, 5) is 14.2. The van der Waals surface area contributed by atoms with E-state index in [9.17, 15) is 4.79 Å². The van der Waals surface area contributed by atoms with E-state index < -0.39 is 0 Å². The number of methoxy groups -OCH3 is 1. The molecule has 0 aliphatic heterocycles. The highest BCUT2D eigenvalue weighted by Gasteiger charge is 2.16. The van der Waals surface area contributed by atoms with E-state index in [0.29, 0.717) is 11.3 Å². The zero-order valence-electron chi connectivity index (χ0n) is 13.7. The minimum atomic E-state index is -0.372. The van der Waals surface area contributed by atoms with Crippen LogP contribution in [0.4, 0.5) is 11.4 Å². The Morgan fingerprint density at radius 2 is 1.76 bits per heavy atom. The average molecular weight is 292 g/mol. The van der Waals surface area contributed by atoms with Gasteiger partial charge in [0.05, 0.1) is 12.7 Å². The number of ether oxygens (including phenoxy) is 1. The second-order valence-electron chi connectivity index (χ2n) is 5.41. The van der Waals surface area contributed by atoms with Crippen LogP contribution in [-0.4, -0.2) is 26.2 Å². The number of carbonyl (C=O) groups excluding carboxylic acids is 1. The van der Waals surface area contributed by atoms with E-state index >= 15 is 0 Å². The highest BCUT2D eigenvalue weighted by Crippen LogP contribution is 2.26. The maximum Gasteiger partial charge on any atom is 0.340 e. The summed E-state index contributed by atoms with van der Waals surface area (Å²) in [5.74, 6) is -0.372. The van der Waals surface area contributed by atoms with Crippen LogP contribution < -0.4 is 10.6 Å². The number of aryl methyl sites for hydroxylation is 1. The smallest absolute Gasteiger partial charge is 0.340 e. The van der Waals surface area contributed by atoms with Crippen molar-refractivity contribution in [3.63, 3.8) is 0 Å². The van der Waals surface area contributed by atoms with Crippen LogP contribution in [0.2, 0.25) is 0 Å². The van der Waals surface area contributed by atoms with Crippen LogP contribution in [0, 0.1) is 6.92 Å². The molecule has 1 rings (SSSR count). The normalized spacial score (nSPS) is 10.5. The number of nitrogens with two attached hydrogens (primary N) is 1. The van der Waals surface area contributed by atoms with E-state index in [1.807, 2.05) is 13.0 Å². The summed E-state index contributed by atoms with van der Waals surface area (Å²) >= 11 is 0. The van der Waals surface area contributed by atoms with Gasteiger partial charge in [-0.15, -0.1) is 0 Å². The molecular formula is C17H28N2O2. The van der Waals surface area contributed by atoms with Gasteiger partial charge in [-0.3, -0.25) is 0 Å². The van der Waals surface area contributed by atoms with Crippen LogP contribution in [0.25, 0.3) is 0 Å². The van der Waals surface area contributed by atoms with Crippen LogP contribution in [0.3, 0.4) is 0 Å². The Morgan fingerprint density at radius 3 is 2.24 bits per heavy atom. The van der Waals surface area contributed by atoms with Crippen molar-refractivity contribution in [3.8, 4) is 0 Å². The first-order valence-electron chi connectivity index (χ1n) is 7.78. The molecule has 1 aromatic carbocycles. The molecule has 0 aliphatic rings. The fraction of sp³-hybridized carbons (Fsp3) is 0.588. The lowest BCUT2D eigenvalue weighted by molar-refractivity contribution is 0.0602. The highest BCUT2D eigenvalue weighted by molar-refractivity contribution is 5.97. The molecule has 0 aliphatic carbocycles. The summed E-state index contributed by atoms with van der Waals surface area (Å²) in [6.45, 7) is 8.31. The Hall–Kier alpha value is -1.71. The number of nitrogen functional groups attached to an aromatic ring is 1. The number of carbonyl (C=O) groups is 1. The number of hydrogen-bond donors (Lipinski definition) is 1. The molecule has 0 saturated carbocycles. The second kappa shape index (κ2) is 8.55. The number of benzene rings is 1. The van der Waals surface area contributed by atoms with Gasteiger partial charge in [0.15, 0.2) is 0 Å². The number of anilines is 2. The Kier molecular flexibility index (Phi) is 7.06. The second-order valence-corrected chi connectivity index (χ2v) is 5.41. The van der Waals surface area contributed by atoms with Gasteiger partial charge in [-0.1, -0.05) is 26.7 Å². The lowest BCUT2D eigenvalue weighted by Crippen LogP contribution is -2.26. The van der Waals surface area contributed by atoms with E-state index in [-0.39, 0.29) is 5.97 Å². The first kappa shape index (κ1) is 17.3. The van der Waals surface area contributed by atoms with E-state index in [4.69, 9.17) is 10.5 Å². The third kappa shape index (κ3) is 4.66. The third-order valence-corrected chi connectivity index (χ3v) is 3.71. The van der Waals surface area contributed by atoms with E-state index in [0.717, 1.165) is 50.0 Å². The molecule has 0 atom stereocenters. The Bertz CT molecular complexity index is 464. The Morgan fingerprint density at radius 1 is 1.19 bits per heavy atom. The molecule has 0 heterocycles. The molecule has 0 aromatic heterocycles. The van der Waals surface area contributed by atoms with Crippen LogP contribution in [0.15, 0.2) is 12.1 Å². The summed E-state index contributed by atoms with van der Waals surface area (Å²) in [5, 5.41) is 0. The van der Waals surface area contributed by atoms with Gasteiger partial charge in [0.25, 0.3) is 0 Å². The Balaban J connectivity index is 3.11. The molecule has 0 radical (unpaired) electrons. The van der Waals surface area contributed by atoms with Crippen LogP contribution in [0.1, 0.15) is 55.5 Å². The molecular weight excluding hydrogens is 264 g/mol. The molecule has 0 saturated heterocycles. The van der Waals surface area contributed by atoms with Crippen molar-refractivity contribution in [3.05, 3.63) is 23.3 Å². The molecule has 21 heavy (non-hydrogen) atoms. The first-order chi connectivity index (χ1) is 10.0. The van der Waals surface area contributed by atoms with Crippen molar-refractivity contribution in [1.29, 1.82) is 0 Å². The summed E-state index contributed by atoms with van der Waals surface area (Å²) < 4.78 is 4.83. The van der Waals surface area contributed by atoms with Gasteiger partial charge in [-0.2, -0.15) is 0 Å². The summed E-state index contributed by atoms with van der Waals surface area (Å²) in [6, 6.07) is 3.92. The molecule has 1 aromatic rings. The van der Waals surface area contributed by atoms with E-state index in [2.05, 4.69) is 24.8 Å². The quantitative estimate of drug-likeness (QED) is 0.585. The van der Waals surface area contributed by atoms with Crippen LogP contribution in [-0.2, 0) is 4.74 Å². The monoisotopic (exact) mass is 292 g/mol. The predicted octanol–water partition coefficient (Wildman–Crippen LogP) is 3.77. The summed E-state index contributed by atoms with van der Waals surface area (Å²) in [5.41, 5.74) is 8.96. The number of esters is 1. The summed E-state index contributed by atoms with van der Waals surface area (Å²) in [7, 11) is 1.38. The number of unbranched alkanes of at least 4 members (excludes halogenated alkanes) is 2. The van der Waals surface area contributed by atoms with Crippen molar-refractivity contribution in [2.45, 2.75) is 46.5 Å². The number of hydrogen-bond acceptors (Lipinski definition) is 4. The van der Waals surface area contributed by atoms with Gasteiger partial charge >= 0.3 is 5.97 Å². The largest absolute Gasteiger partial charge is 0.465 e. The lowest BCUT2D eigenvalue weighted by Gasteiger charge is -2.26. The minimum absolute atomic E-state index is 0.372. The fourth-order valence-corrected chi connectivity index (χ4v) is 2.31. The van der Waals surface area contributed by atoms with Gasteiger partial charge in [0.2, 0.25) is 0 Å². The third-order valence-electron chi connectivity index (χ3n) is 3.71. The zero-order chi connectivity index (χ0) is 15.8. The SMILES string of the molecule is CCCCN(CCCC)c1cc(C)c(N)c(C(=O)OC)c1. The standard InChI is InChI=1S/C17H28N2O2/c1-5-7-9-19(10-8-6-2)14-11-13(3)16(18)15(12-14)17(20)21-4/h11-12H,5-10,18H2,1-4H3. The van der Waals surface area contributed by atoms with Crippen molar-refractivity contribution < 1.29 is 9.53 Å². The maximum atomic E-state index is 11.9. The first-order valence-corrected chi connectivity index (χ1v) is 7.78. The van der Waals surface area contributed by atoms with Crippen LogP contribution in [0.5, 0.6) is 0 Å². The molecule has 4 heteroatoms. The van der Waals surface area contributed by atoms with E-state index in [1.54, 1.807) is 0 Å². The predicted molar refractivity (Wildman–Crippen MR) is 89.0 cm³/mol. The number of rotatable bonds is 8. The number of nitrogens with zero attached hydrogens (tertiary/aromatic N) is 1. The summed E-state index contributed by atoms with van der Waals surface area (Å²) in [6.07, 6.45) is 4.59. The van der Waals surface area contributed by atoms with Crippen molar-refractivity contribution in [2.75, 3.05) is 30.8 Å². The van der Waals surface area contributed by atoms with Crippen molar-refractivity contribution in [1.82, 2.24) is 0 Å². The Labute approximate surface area is 128 Å². The zero-order valence-corrected chi connectivity index (χ0v) is 13.7. The molecule has 0 spiro atoms. The lowest BCUT2D eigenvalue weighted by atomic mass is 10.1. The molecule has 0 amide bonds. The molecule has 0 unspecified atom stereocenters. The topological polar surface area (TPSA) is 55.6 Å². The molecule has 2 N–H and O–H groups in total. The highest BCUT2D eigenvalue weighted by atomic mass is 16.5. The van der Waals surface area contributed by atoms with Gasteiger partial charge in [-0.25, -0.2) is 4.79 Å². The van der Waals surface area contributed by atoms with Crippen molar-refractivity contribution >= 4 is 17.3 Å². The van der Waals surface area contributed by atoms with Gasteiger partial charge in [0, 0.05) is 24.5 Å². The van der Waals surface area contributed by atoms with Gasteiger partial charge < -0.3 is 15.4 Å². The molecule has 118 valence electrons.